The molecule has 4 aromatic rings. The van der Waals surface area contributed by atoms with E-state index in [0.717, 1.165) is 23.8 Å². The van der Waals surface area contributed by atoms with Crippen molar-refractivity contribution in [3.05, 3.63) is 96.7 Å². The third-order valence-electron chi connectivity index (χ3n) is 4.48. The number of nitrogens with zero attached hydrogens (tertiary/aromatic N) is 2. The molecule has 0 aliphatic rings. The summed E-state index contributed by atoms with van der Waals surface area (Å²) in [5.41, 5.74) is 5.79. The lowest BCUT2D eigenvalue weighted by Crippen LogP contribution is -2.03. The molecule has 0 bridgehead atoms. The van der Waals surface area contributed by atoms with Crippen LogP contribution in [0.5, 0.6) is 0 Å². The highest BCUT2D eigenvalue weighted by molar-refractivity contribution is 5.69. The van der Waals surface area contributed by atoms with Crippen LogP contribution in [0.15, 0.2) is 91.1 Å². The number of aromatic nitrogens is 2. The molecule has 0 aliphatic carbocycles. The Morgan fingerprint density at radius 3 is 1.96 bits per heavy atom. The molecule has 1 heterocycles. The molecule has 0 fully saturated rings. The van der Waals surface area contributed by atoms with Gasteiger partial charge in [0.2, 0.25) is 5.95 Å². The minimum atomic E-state index is 0.798. The lowest BCUT2D eigenvalue weighted by atomic mass is 10.0. The van der Waals surface area contributed by atoms with E-state index in [4.69, 9.17) is 4.98 Å². The van der Waals surface area contributed by atoms with Crippen molar-refractivity contribution in [2.75, 3.05) is 12.4 Å². The van der Waals surface area contributed by atoms with Crippen LogP contribution in [0, 0.1) is 0 Å². The second-order valence-corrected chi connectivity index (χ2v) is 6.26. The van der Waals surface area contributed by atoms with Crippen molar-refractivity contribution >= 4 is 5.95 Å². The predicted octanol–water partition coefficient (Wildman–Crippen LogP) is 5.31. The minimum absolute atomic E-state index is 0.798. The largest absolute Gasteiger partial charge is 0.359 e. The molecule has 3 aromatic carbocycles. The van der Waals surface area contributed by atoms with E-state index in [-0.39, 0.29) is 0 Å². The summed E-state index contributed by atoms with van der Waals surface area (Å²) in [6.07, 6.45) is 2.11. The molecule has 3 nitrogen and oxygen atoms in total. The molecule has 4 rings (SSSR count). The summed E-state index contributed by atoms with van der Waals surface area (Å²) in [5.74, 6) is 0.871. The van der Waals surface area contributed by atoms with E-state index in [2.05, 4.69) is 88.9 Å². The third-order valence-corrected chi connectivity index (χ3v) is 4.48. The highest BCUT2D eigenvalue weighted by Gasteiger charge is 2.09. The van der Waals surface area contributed by atoms with Gasteiger partial charge in [0.25, 0.3) is 0 Å². The summed E-state index contributed by atoms with van der Waals surface area (Å²) in [6.45, 7) is 0.798. The Hall–Kier alpha value is -3.33. The molecule has 1 aromatic heterocycles. The van der Waals surface area contributed by atoms with Gasteiger partial charge in [-0.15, -0.1) is 0 Å². The van der Waals surface area contributed by atoms with Gasteiger partial charge in [0.05, 0.1) is 12.2 Å². The van der Waals surface area contributed by atoms with E-state index in [0.29, 0.717) is 0 Å². The Morgan fingerprint density at radius 2 is 1.31 bits per heavy atom. The summed E-state index contributed by atoms with van der Waals surface area (Å²) in [4.78, 5) is 4.75. The predicted molar refractivity (Wildman–Crippen MR) is 108 cm³/mol. The maximum Gasteiger partial charge on any atom is 0.203 e. The van der Waals surface area contributed by atoms with Crippen LogP contribution in [-0.2, 0) is 6.54 Å². The molecule has 0 spiro atoms. The summed E-state index contributed by atoms with van der Waals surface area (Å²) >= 11 is 0. The Balaban J connectivity index is 1.62. The van der Waals surface area contributed by atoms with Crippen molar-refractivity contribution in [2.45, 2.75) is 6.54 Å². The van der Waals surface area contributed by atoms with Crippen LogP contribution in [0.4, 0.5) is 5.95 Å². The average Bonchev–Trinajstić information content (AvgIpc) is 3.12. The van der Waals surface area contributed by atoms with Crippen molar-refractivity contribution in [1.82, 2.24) is 9.55 Å². The zero-order valence-corrected chi connectivity index (χ0v) is 14.8. The SMILES string of the molecule is CNc1nc(-c2ccc(-c3ccccc3)cc2)cn1Cc1ccccc1. The van der Waals surface area contributed by atoms with Crippen LogP contribution in [-0.4, -0.2) is 16.6 Å². The molecule has 0 amide bonds. The number of rotatable bonds is 5. The number of benzene rings is 3. The maximum atomic E-state index is 4.75. The normalized spacial score (nSPS) is 10.7. The number of hydrogen-bond acceptors (Lipinski definition) is 2. The lowest BCUT2D eigenvalue weighted by Gasteiger charge is -2.06. The standard InChI is InChI=1S/C23H21N3/c1-24-23-25-22(17-26(23)16-18-8-4-2-5-9-18)21-14-12-20(13-15-21)19-10-6-3-7-11-19/h2-15,17H,16H2,1H3,(H,24,25). The van der Waals surface area contributed by atoms with Gasteiger partial charge in [-0.1, -0.05) is 84.9 Å². The molecule has 0 saturated heterocycles. The fourth-order valence-corrected chi connectivity index (χ4v) is 3.12. The fourth-order valence-electron chi connectivity index (χ4n) is 3.12. The monoisotopic (exact) mass is 339 g/mol. The molecular weight excluding hydrogens is 318 g/mol. The minimum Gasteiger partial charge on any atom is -0.359 e. The van der Waals surface area contributed by atoms with Crippen molar-refractivity contribution in [1.29, 1.82) is 0 Å². The molecule has 0 aliphatic heterocycles. The summed E-state index contributed by atoms with van der Waals surface area (Å²) < 4.78 is 2.15. The second-order valence-electron chi connectivity index (χ2n) is 6.26. The fraction of sp³-hybridized carbons (Fsp3) is 0.0870. The highest BCUT2D eigenvalue weighted by Crippen LogP contribution is 2.25. The number of nitrogens with one attached hydrogen (secondary N) is 1. The van der Waals surface area contributed by atoms with Gasteiger partial charge in [-0.05, 0) is 16.7 Å². The van der Waals surface area contributed by atoms with Crippen LogP contribution in [0.25, 0.3) is 22.4 Å². The lowest BCUT2D eigenvalue weighted by molar-refractivity contribution is 0.805. The van der Waals surface area contributed by atoms with Gasteiger partial charge in [0.15, 0.2) is 0 Å². The molecule has 1 N–H and O–H groups in total. The molecule has 0 radical (unpaired) electrons. The van der Waals surface area contributed by atoms with Gasteiger partial charge in [0, 0.05) is 18.8 Å². The van der Waals surface area contributed by atoms with E-state index < -0.39 is 0 Å². The average molecular weight is 339 g/mol. The number of imidazole rings is 1. The molecule has 0 unspecified atom stereocenters. The highest BCUT2D eigenvalue weighted by atomic mass is 15.2. The van der Waals surface area contributed by atoms with Gasteiger partial charge < -0.3 is 9.88 Å². The molecular formula is C23H21N3. The van der Waals surface area contributed by atoms with Gasteiger partial charge in [0.1, 0.15) is 0 Å². The molecule has 0 saturated carbocycles. The Labute approximate surface area is 154 Å². The van der Waals surface area contributed by atoms with E-state index >= 15 is 0 Å². The topological polar surface area (TPSA) is 29.9 Å². The summed E-state index contributed by atoms with van der Waals surface area (Å²) in [7, 11) is 1.91. The van der Waals surface area contributed by atoms with Gasteiger partial charge in [-0.3, -0.25) is 0 Å². The zero-order chi connectivity index (χ0) is 17.8. The van der Waals surface area contributed by atoms with Crippen molar-refractivity contribution in [3.8, 4) is 22.4 Å². The zero-order valence-electron chi connectivity index (χ0n) is 14.8. The maximum absolute atomic E-state index is 4.75. The summed E-state index contributed by atoms with van der Waals surface area (Å²) in [6, 6.07) is 29.4. The molecule has 26 heavy (non-hydrogen) atoms. The molecule has 3 heteroatoms. The Kier molecular flexibility index (Phi) is 4.52. The van der Waals surface area contributed by atoms with E-state index in [1.165, 1.54) is 16.7 Å². The van der Waals surface area contributed by atoms with E-state index in [9.17, 15) is 0 Å². The van der Waals surface area contributed by atoms with Crippen LogP contribution >= 0.6 is 0 Å². The molecule has 128 valence electrons. The van der Waals surface area contributed by atoms with Gasteiger partial charge in [-0.2, -0.15) is 0 Å². The smallest absolute Gasteiger partial charge is 0.203 e. The first-order valence-electron chi connectivity index (χ1n) is 8.78. The van der Waals surface area contributed by atoms with E-state index in [1.54, 1.807) is 0 Å². The van der Waals surface area contributed by atoms with Crippen molar-refractivity contribution < 1.29 is 0 Å². The van der Waals surface area contributed by atoms with Crippen molar-refractivity contribution in [2.24, 2.45) is 0 Å². The Bertz CT molecular complexity index is 971. The first kappa shape index (κ1) is 16.2. The molecule has 0 atom stereocenters. The number of anilines is 1. The van der Waals surface area contributed by atoms with Crippen LogP contribution in [0.1, 0.15) is 5.56 Å². The van der Waals surface area contributed by atoms with Crippen LogP contribution in [0.2, 0.25) is 0 Å². The van der Waals surface area contributed by atoms with E-state index in [1.807, 2.05) is 19.2 Å². The third kappa shape index (κ3) is 3.38. The second kappa shape index (κ2) is 7.28. The number of hydrogen-bond donors (Lipinski definition) is 1. The van der Waals surface area contributed by atoms with Gasteiger partial charge >= 0.3 is 0 Å². The quantitative estimate of drug-likeness (QED) is 0.534. The van der Waals surface area contributed by atoms with Gasteiger partial charge in [-0.25, -0.2) is 4.98 Å². The van der Waals surface area contributed by atoms with Crippen LogP contribution < -0.4 is 5.32 Å². The first-order chi connectivity index (χ1) is 12.8. The van der Waals surface area contributed by atoms with Crippen LogP contribution in [0.3, 0.4) is 0 Å². The Morgan fingerprint density at radius 1 is 0.731 bits per heavy atom. The summed E-state index contributed by atoms with van der Waals surface area (Å²) in [5, 5.41) is 3.20. The first-order valence-corrected chi connectivity index (χ1v) is 8.78. The van der Waals surface area contributed by atoms with Crippen molar-refractivity contribution in [3.63, 3.8) is 0 Å².